The molecule has 0 heterocycles. The average molecular weight is 294 g/mol. The molecule has 96 valence electrons. The van der Waals surface area contributed by atoms with E-state index in [1.165, 1.54) is 12.1 Å². The highest BCUT2D eigenvalue weighted by atomic mass is 35.5. The summed E-state index contributed by atoms with van der Waals surface area (Å²) in [6.07, 6.45) is 1.61. The number of aromatic carboxylic acids is 1. The number of carbonyl (C=O) groups is 1. The highest BCUT2D eigenvalue weighted by Crippen LogP contribution is 2.20. The molecule has 0 unspecified atom stereocenters. The predicted molar refractivity (Wildman–Crippen MR) is 77.1 cm³/mol. The Hall–Kier alpha value is -1.84. The van der Waals surface area contributed by atoms with E-state index in [4.69, 9.17) is 28.3 Å². The molecule has 1 N–H and O–H groups in total. The summed E-state index contributed by atoms with van der Waals surface area (Å²) in [6.45, 7) is 0. The minimum absolute atomic E-state index is 0.225. The zero-order chi connectivity index (χ0) is 13.8. The number of carboxylic acids is 1. The van der Waals surface area contributed by atoms with Gasteiger partial charge >= 0.3 is 5.97 Å². The van der Waals surface area contributed by atoms with Crippen molar-refractivity contribution in [2.75, 3.05) is 0 Å². The maximum Gasteiger partial charge on any atom is 0.335 e. The second-order valence-corrected chi connectivity index (χ2v) is 4.62. The van der Waals surface area contributed by atoms with Crippen LogP contribution in [0.4, 0.5) is 5.69 Å². The van der Waals surface area contributed by atoms with E-state index < -0.39 is 5.97 Å². The third-order valence-corrected chi connectivity index (χ3v) is 2.99. The second-order valence-electron chi connectivity index (χ2n) is 3.78. The van der Waals surface area contributed by atoms with Crippen molar-refractivity contribution in [1.82, 2.24) is 0 Å². The third kappa shape index (κ3) is 3.56. The first-order valence-electron chi connectivity index (χ1n) is 5.39. The highest BCUT2D eigenvalue weighted by Gasteiger charge is 2.01. The van der Waals surface area contributed by atoms with Crippen LogP contribution in [0.1, 0.15) is 15.9 Å². The summed E-state index contributed by atoms with van der Waals surface area (Å²) in [5.41, 5.74) is 1.62. The largest absolute Gasteiger partial charge is 0.478 e. The van der Waals surface area contributed by atoms with Gasteiger partial charge in [-0.05, 0) is 36.4 Å². The number of nitrogens with zero attached hydrogens (tertiary/aromatic N) is 1. The van der Waals surface area contributed by atoms with Crippen molar-refractivity contribution in [3.8, 4) is 0 Å². The van der Waals surface area contributed by atoms with E-state index in [1.807, 2.05) is 0 Å². The molecule has 19 heavy (non-hydrogen) atoms. The number of carboxylic acid groups (broad SMARTS) is 1. The number of hydrogen-bond donors (Lipinski definition) is 1. The number of aliphatic imine (C=N–C) groups is 1. The van der Waals surface area contributed by atoms with Gasteiger partial charge in [0.15, 0.2) is 0 Å². The standard InChI is InChI=1S/C14H9Cl2NO2/c15-11-4-1-10(13(16)7-11)8-17-12-5-2-9(3-6-12)14(18)19/h1-8H,(H,18,19)/b17-8+. The van der Waals surface area contributed by atoms with E-state index in [0.29, 0.717) is 15.7 Å². The smallest absolute Gasteiger partial charge is 0.335 e. The van der Waals surface area contributed by atoms with Crippen LogP contribution < -0.4 is 0 Å². The Morgan fingerprint density at radius 2 is 1.79 bits per heavy atom. The highest BCUT2D eigenvalue weighted by molar-refractivity contribution is 6.36. The molecule has 0 aliphatic heterocycles. The lowest BCUT2D eigenvalue weighted by Crippen LogP contribution is -1.94. The first-order valence-corrected chi connectivity index (χ1v) is 6.14. The summed E-state index contributed by atoms with van der Waals surface area (Å²) < 4.78 is 0. The number of rotatable bonds is 3. The topological polar surface area (TPSA) is 49.7 Å². The van der Waals surface area contributed by atoms with Crippen LogP contribution in [0.15, 0.2) is 47.5 Å². The Morgan fingerprint density at radius 1 is 1.11 bits per heavy atom. The van der Waals surface area contributed by atoms with Gasteiger partial charge in [0.2, 0.25) is 0 Å². The van der Waals surface area contributed by atoms with Crippen molar-refractivity contribution in [3.05, 3.63) is 63.6 Å². The minimum atomic E-state index is -0.962. The van der Waals surface area contributed by atoms with E-state index in [1.54, 1.807) is 36.5 Å². The Kier molecular flexibility index (Phi) is 4.20. The van der Waals surface area contributed by atoms with Crippen molar-refractivity contribution < 1.29 is 9.90 Å². The van der Waals surface area contributed by atoms with Gasteiger partial charge in [0.1, 0.15) is 0 Å². The summed E-state index contributed by atoms with van der Waals surface area (Å²) in [7, 11) is 0. The summed E-state index contributed by atoms with van der Waals surface area (Å²) in [5, 5.41) is 9.85. The number of hydrogen-bond acceptors (Lipinski definition) is 2. The fraction of sp³-hybridized carbons (Fsp3) is 0. The molecule has 0 atom stereocenters. The Labute approximate surface area is 120 Å². The molecule has 0 aromatic heterocycles. The SMILES string of the molecule is O=C(O)c1ccc(/N=C/c2ccc(Cl)cc2Cl)cc1. The summed E-state index contributed by atoms with van der Waals surface area (Å²) in [6, 6.07) is 11.4. The molecule has 0 spiro atoms. The molecule has 0 amide bonds. The van der Waals surface area contributed by atoms with E-state index in [0.717, 1.165) is 5.56 Å². The van der Waals surface area contributed by atoms with Crippen LogP contribution in [-0.2, 0) is 0 Å². The van der Waals surface area contributed by atoms with E-state index >= 15 is 0 Å². The van der Waals surface area contributed by atoms with Crippen LogP contribution in [0.25, 0.3) is 0 Å². The van der Waals surface area contributed by atoms with Crippen LogP contribution in [-0.4, -0.2) is 17.3 Å². The van der Waals surface area contributed by atoms with Crippen molar-refractivity contribution >= 4 is 41.1 Å². The summed E-state index contributed by atoms with van der Waals surface area (Å²) in [4.78, 5) is 14.9. The maximum absolute atomic E-state index is 10.7. The lowest BCUT2D eigenvalue weighted by molar-refractivity contribution is 0.0697. The first kappa shape index (κ1) is 13.6. The van der Waals surface area contributed by atoms with E-state index in [-0.39, 0.29) is 5.56 Å². The molecular formula is C14H9Cl2NO2. The normalized spacial score (nSPS) is 10.8. The monoisotopic (exact) mass is 293 g/mol. The van der Waals surface area contributed by atoms with Crippen molar-refractivity contribution in [1.29, 1.82) is 0 Å². The van der Waals surface area contributed by atoms with Crippen molar-refractivity contribution in [3.63, 3.8) is 0 Å². The zero-order valence-electron chi connectivity index (χ0n) is 9.68. The molecule has 0 bridgehead atoms. The van der Waals surface area contributed by atoms with Gasteiger partial charge in [-0.2, -0.15) is 0 Å². The second kappa shape index (κ2) is 5.87. The molecule has 0 aliphatic rings. The molecule has 0 aliphatic carbocycles. The molecule has 0 fully saturated rings. The number of benzene rings is 2. The van der Waals surface area contributed by atoms with Gasteiger partial charge < -0.3 is 5.11 Å². The lowest BCUT2D eigenvalue weighted by Gasteiger charge is -1.99. The van der Waals surface area contributed by atoms with Crippen LogP contribution >= 0.6 is 23.2 Å². The van der Waals surface area contributed by atoms with E-state index in [9.17, 15) is 4.79 Å². The van der Waals surface area contributed by atoms with Gasteiger partial charge in [0, 0.05) is 16.8 Å². The molecule has 2 aromatic rings. The molecule has 2 aromatic carbocycles. The third-order valence-electron chi connectivity index (χ3n) is 2.43. The van der Waals surface area contributed by atoms with Crippen molar-refractivity contribution in [2.24, 2.45) is 4.99 Å². The zero-order valence-corrected chi connectivity index (χ0v) is 11.2. The fourth-order valence-corrected chi connectivity index (χ4v) is 1.90. The van der Waals surface area contributed by atoms with E-state index in [2.05, 4.69) is 4.99 Å². The lowest BCUT2D eigenvalue weighted by atomic mass is 10.2. The molecule has 2 rings (SSSR count). The molecular weight excluding hydrogens is 285 g/mol. The van der Waals surface area contributed by atoms with Crippen LogP contribution in [0.3, 0.4) is 0 Å². The van der Waals surface area contributed by atoms with Crippen LogP contribution in [0.5, 0.6) is 0 Å². The van der Waals surface area contributed by atoms with Crippen LogP contribution in [0.2, 0.25) is 10.0 Å². The Bertz CT molecular complexity index is 636. The summed E-state index contributed by atoms with van der Waals surface area (Å²) >= 11 is 11.8. The summed E-state index contributed by atoms with van der Waals surface area (Å²) in [5.74, 6) is -0.962. The maximum atomic E-state index is 10.7. The van der Waals surface area contributed by atoms with Gasteiger partial charge in [-0.3, -0.25) is 4.99 Å². The molecule has 0 saturated heterocycles. The Morgan fingerprint density at radius 3 is 2.37 bits per heavy atom. The van der Waals surface area contributed by atoms with Crippen molar-refractivity contribution in [2.45, 2.75) is 0 Å². The molecule has 0 radical (unpaired) electrons. The average Bonchev–Trinajstić information content (AvgIpc) is 2.38. The Balaban J connectivity index is 2.20. The first-order chi connectivity index (χ1) is 9.06. The quantitative estimate of drug-likeness (QED) is 0.851. The van der Waals surface area contributed by atoms with Gasteiger partial charge in [0.25, 0.3) is 0 Å². The molecule has 5 heteroatoms. The van der Waals surface area contributed by atoms with Gasteiger partial charge in [-0.1, -0.05) is 29.3 Å². The van der Waals surface area contributed by atoms with Crippen LogP contribution in [0, 0.1) is 0 Å². The predicted octanol–water partition coefficient (Wildman–Crippen LogP) is 4.44. The number of halogens is 2. The van der Waals surface area contributed by atoms with Gasteiger partial charge in [0.05, 0.1) is 16.3 Å². The fourth-order valence-electron chi connectivity index (χ4n) is 1.44. The molecule has 3 nitrogen and oxygen atoms in total. The minimum Gasteiger partial charge on any atom is -0.478 e. The van der Waals surface area contributed by atoms with Gasteiger partial charge in [-0.15, -0.1) is 0 Å². The molecule has 0 saturated carbocycles. The van der Waals surface area contributed by atoms with Gasteiger partial charge in [-0.25, -0.2) is 4.79 Å².